The van der Waals surface area contributed by atoms with E-state index in [1.54, 1.807) is 24.3 Å². The lowest BCUT2D eigenvalue weighted by atomic mass is 9.97. The van der Waals surface area contributed by atoms with Crippen LogP contribution in [0, 0.1) is 5.92 Å². The van der Waals surface area contributed by atoms with Gasteiger partial charge in [0.05, 0.1) is 6.54 Å². The number of hydrogen-bond acceptors (Lipinski definition) is 4. The number of nitrogens with one attached hydrogen (secondary N) is 2. The molecule has 1 aliphatic carbocycles. The fourth-order valence-corrected chi connectivity index (χ4v) is 3.27. The molecule has 1 heterocycles. The highest BCUT2D eigenvalue weighted by molar-refractivity contribution is 5.93. The van der Waals surface area contributed by atoms with Crippen LogP contribution in [0.3, 0.4) is 0 Å². The Morgan fingerprint density at radius 2 is 1.75 bits per heavy atom. The van der Waals surface area contributed by atoms with Gasteiger partial charge in [0.2, 0.25) is 11.8 Å². The van der Waals surface area contributed by atoms with Crippen molar-refractivity contribution < 1.29 is 14.4 Å². The molecule has 0 spiro atoms. The lowest BCUT2D eigenvalue weighted by Gasteiger charge is -2.34. The van der Waals surface area contributed by atoms with E-state index >= 15 is 0 Å². The molecule has 1 aromatic carbocycles. The van der Waals surface area contributed by atoms with Crippen LogP contribution in [0.2, 0.25) is 0 Å². The van der Waals surface area contributed by atoms with Gasteiger partial charge in [0.1, 0.15) is 5.78 Å². The van der Waals surface area contributed by atoms with Crippen molar-refractivity contribution in [1.29, 1.82) is 0 Å². The monoisotopic (exact) mass is 329 g/mol. The quantitative estimate of drug-likeness (QED) is 0.866. The van der Waals surface area contributed by atoms with Crippen molar-refractivity contribution in [2.24, 2.45) is 5.92 Å². The summed E-state index contributed by atoms with van der Waals surface area (Å²) in [5.41, 5.74) is 1.40. The number of ketones is 1. The van der Waals surface area contributed by atoms with Gasteiger partial charge in [0, 0.05) is 43.7 Å². The van der Waals surface area contributed by atoms with Gasteiger partial charge < -0.3 is 10.6 Å². The highest BCUT2D eigenvalue weighted by Crippen LogP contribution is 2.38. The van der Waals surface area contributed by atoms with E-state index in [0.717, 1.165) is 0 Å². The first kappa shape index (κ1) is 16.6. The number of rotatable bonds is 5. The van der Waals surface area contributed by atoms with Crippen molar-refractivity contribution in [3.05, 3.63) is 24.3 Å². The van der Waals surface area contributed by atoms with E-state index in [1.807, 2.05) is 0 Å². The number of carbonyl (C=O) groups is 3. The number of benzene rings is 1. The van der Waals surface area contributed by atoms with E-state index in [-0.39, 0.29) is 17.9 Å². The van der Waals surface area contributed by atoms with Gasteiger partial charge in [-0.15, -0.1) is 0 Å². The predicted molar refractivity (Wildman–Crippen MR) is 91.7 cm³/mol. The second-order valence-electron chi connectivity index (χ2n) is 6.67. The van der Waals surface area contributed by atoms with Crippen LogP contribution in [0.4, 0.5) is 11.4 Å². The van der Waals surface area contributed by atoms with Crippen LogP contribution in [0.25, 0.3) is 0 Å². The molecule has 0 radical (unpaired) electrons. The lowest BCUT2D eigenvalue weighted by molar-refractivity contribution is -0.126. The number of amides is 2. The Kier molecular flexibility index (Phi) is 4.94. The van der Waals surface area contributed by atoms with Crippen molar-refractivity contribution in [2.75, 3.05) is 23.7 Å². The summed E-state index contributed by atoms with van der Waals surface area (Å²) in [7, 11) is 0. The molecule has 1 saturated carbocycles. The topological polar surface area (TPSA) is 78.5 Å². The Labute approximate surface area is 141 Å². The highest BCUT2D eigenvalue weighted by Gasteiger charge is 2.39. The molecule has 0 aromatic heterocycles. The van der Waals surface area contributed by atoms with Crippen molar-refractivity contribution >= 4 is 29.0 Å². The van der Waals surface area contributed by atoms with Crippen LogP contribution in [-0.2, 0) is 14.4 Å². The van der Waals surface area contributed by atoms with Gasteiger partial charge in [0.25, 0.3) is 0 Å². The fraction of sp³-hybridized carbons (Fsp3) is 0.500. The standard InChI is InChI=1S/C18H23N3O3/c1-12(22)19-14-4-6-15(7-5-14)20-18(24)11-21-9-8-16(23)10-17(21)13-2-3-13/h4-7,13,17H,2-3,8-11H2,1H3,(H,19,22)(H,20,24). The molecular formula is C18H23N3O3. The number of piperidine rings is 1. The zero-order valence-corrected chi connectivity index (χ0v) is 13.9. The maximum Gasteiger partial charge on any atom is 0.238 e. The van der Waals surface area contributed by atoms with Crippen LogP contribution in [0.5, 0.6) is 0 Å². The third-order valence-corrected chi connectivity index (χ3v) is 4.59. The summed E-state index contributed by atoms with van der Waals surface area (Å²) in [5.74, 6) is 0.705. The van der Waals surface area contributed by atoms with E-state index in [0.29, 0.717) is 49.0 Å². The van der Waals surface area contributed by atoms with Gasteiger partial charge >= 0.3 is 0 Å². The Hall–Kier alpha value is -2.21. The summed E-state index contributed by atoms with van der Waals surface area (Å²) in [5, 5.41) is 5.57. The number of hydrogen-bond donors (Lipinski definition) is 2. The molecule has 1 aromatic rings. The largest absolute Gasteiger partial charge is 0.326 e. The Morgan fingerprint density at radius 1 is 1.12 bits per heavy atom. The zero-order valence-electron chi connectivity index (χ0n) is 13.9. The first-order valence-electron chi connectivity index (χ1n) is 8.44. The average Bonchev–Trinajstić information content (AvgIpc) is 3.35. The Balaban J connectivity index is 1.54. The van der Waals surface area contributed by atoms with E-state index in [4.69, 9.17) is 0 Å². The zero-order chi connectivity index (χ0) is 17.1. The molecule has 24 heavy (non-hydrogen) atoms. The highest BCUT2D eigenvalue weighted by atomic mass is 16.2. The summed E-state index contributed by atoms with van der Waals surface area (Å²) >= 11 is 0. The number of likely N-dealkylation sites (tertiary alicyclic amines) is 1. The molecule has 2 fully saturated rings. The summed E-state index contributed by atoms with van der Waals surface area (Å²) in [6.07, 6.45) is 3.46. The second-order valence-corrected chi connectivity index (χ2v) is 6.67. The molecule has 0 bridgehead atoms. The van der Waals surface area contributed by atoms with Gasteiger partial charge in [-0.2, -0.15) is 0 Å². The summed E-state index contributed by atoms with van der Waals surface area (Å²) in [6.45, 7) is 2.45. The third-order valence-electron chi connectivity index (χ3n) is 4.59. The fourth-order valence-electron chi connectivity index (χ4n) is 3.27. The molecule has 2 aliphatic rings. The van der Waals surface area contributed by atoms with Crippen LogP contribution in [0.1, 0.15) is 32.6 Å². The SMILES string of the molecule is CC(=O)Nc1ccc(NC(=O)CN2CCC(=O)CC2C2CC2)cc1. The predicted octanol–water partition coefficient (Wildman–Crippen LogP) is 2.03. The van der Waals surface area contributed by atoms with Crippen molar-refractivity contribution in [1.82, 2.24) is 4.90 Å². The van der Waals surface area contributed by atoms with Gasteiger partial charge in [0.15, 0.2) is 0 Å². The molecule has 6 nitrogen and oxygen atoms in total. The molecule has 2 amide bonds. The number of carbonyl (C=O) groups excluding carboxylic acids is 3. The Morgan fingerprint density at radius 3 is 2.33 bits per heavy atom. The van der Waals surface area contributed by atoms with E-state index in [1.165, 1.54) is 19.8 Å². The molecule has 1 unspecified atom stereocenters. The Bertz CT molecular complexity index is 637. The molecule has 3 rings (SSSR count). The molecule has 6 heteroatoms. The first-order chi connectivity index (χ1) is 11.5. The second kappa shape index (κ2) is 7.13. The minimum absolute atomic E-state index is 0.0673. The maximum atomic E-state index is 12.3. The number of Topliss-reactive ketones (excluding diaryl/α,β-unsaturated/α-hetero) is 1. The molecular weight excluding hydrogens is 306 g/mol. The van der Waals surface area contributed by atoms with Crippen LogP contribution >= 0.6 is 0 Å². The lowest BCUT2D eigenvalue weighted by Crippen LogP contribution is -2.47. The average molecular weight is 329 g/mol. The van der Waals surface area contributed by atoms with Gasteiger partial charge in [-0.25, -0.2) is 0 Å². The van der Waals surface area contributed by atoms with Gasteiger partial charge in [-0.3, -0.25) is 19.3 Å². The maximum absolute atomic E-state index is 12.3. The van der Waals surface area contributed by atoms with E-state index in [2.05, 4.69) is 15.5 Å². The molecule has 2 N–H and O–H groups in total. The summed E-state index contributed by atoms with van der Waals surface area (Å²) in [4.78, 5) is 37.1. The van der Waals surface area contributed by atoms with E-state index < -0.39 is 0 Å². The van der Waals surface area contributed by atoms with Crippen LogP contribution in [-0.4, -0.2) is 41.6 Å². The minimum atomic E-state index is -0.127. The van der Waals surface area contributed by atoms with Crippen molar-refractivity contribution in [3.63, 3.8) is 0 Å². The number of anilines is 2. The van der Waals surface area contributed by atoms with Gasteiger partial charge in [-0.1, -0.05) is 0 Å². The smallest absolute Gasteiger partial charge is 0.238 e. The first-order valence-corrected chi connectivity index (χ1v) is 8.44. The summed E-state index contributed by atoms with van der Waals surface area (Å²) in [6, 6.07) is 7.27. The van der Waals surface area contributed by atoms with Gasteiger partial charge in [-0.05, 0) is 43.0 Å². The van der Waals surface area contributed by atoms with Crippen molar-refractivity contribution in [3.8, 4) is 0 Å². The molecule has 1 aliphatic heterocycles. The number of nitrogens with zero attached hydrogens (tertiary/aromatic N) is 1. The molecule has 128 valence electrons. The molecule has 1 atom stereocenters. The summed E-state index contributed by atoms with van der Waals surface area (Å²) < 4.78 is 0. The van der Waals surface area contributed by atoms with Crippen molar-refractivity contribution in [2.45, 2.75) is 38.6 Å². The normalized spacial score (nSPS) is 21.4. The van der Waals surface area contributed by atoms with E-state index in [9.17, 15) is 14.4 Å². The third kappa shape index (κ3) is 4.41. The van der Waals surface area contributed by atoms with Crippen LogP contribution in [0.15, 0.2) is 24.3 Å². The molecule has 1 saturated heterocycles. The van der Waals surface area contributed by atoms with Crippen LogP contribution < -0.4 is 10.6 Å². The minimum Gasteiger partial charge on any atom is -0.326 e.